The van der Waals surface area contributed by atoms with Gasteiger partial charge in [0.15, 0.2) is 11.6 Å². The Balaban J connectivity index is 2.01. The Morgan fingerprint density at radius 1 is 1.16 bits per heavy atom. The van der Waals surface area contributed by atoms with Crippen LogP contribution in [0.5, 0.6) is 0 Å². The molecule has 0 radical (unpaired) electrons. The average molecular weight is 376 g/mol. The first kappa shape index (κ1) is 16.5. The second kappa shape index (κ2) is 6.40. The van der Waals surface area contributed by atoms with Crippen molar-refractivity contribution in [1.29, 1.82) is 0 Å². The van der Waals surface area contributed by atoms with Gasteiger partial charge in [0.25, 0.3) is 0 Å². The highest BCUT2D eigenvalue weighted by molar-refractivity contribution is 6.31. The van der Waals surface area contributed by atoms with E-state index in [0.717, 1.165) is 16.8 Å². The van der Waals surface area contributed by atoms with Gasteiger partial charge in [-0.2, -0.15) is 0 Å². The number of rotatable bonds is 2. The molecule has 0 saturated heterocycles. The van der Waals surface area contributed by atoms with E-state index in [9.17, 15) is 5.21 Å². The Bertz CT molecular complexity index is 943. The van der Waals surface area contributed by atoms with Crippen LogP contribution in [0, 0.1) is 5.21 Å². The zero-order valence-corrected chi connectivity index (χ0v) is 14.6. The molecule has 8 heteroatoms. The second-order valence-electron chi connectivity index (χ2n) is 5.87. The van der Waals surface area contributed by atoms with E-state index in [1.165, 1.54) is 0 Å². The molecule has 2 heterocycles. The summed E-state index contributed by atoms with van der Waals surface area (Å²) in [6.45, 7) is 0.370. The minimum Gasteiger partial charge on any atom is -0.633 e. The van der Waals surface area contributed by atoms with Gasteiger partial charge in [-0.25, -0.2) is 0 Å². The van der Waals surface area contributed by atoms with Gasteiger partial charge in [-0.3, -0.25) is 4.57 Å². The highest BCUT2D eigenvalue weighted by Gasteiger charge is 2.32. The van der Waals surface area contributed by atoms with Crippen LogP contribution in [0.1, 0.15) is 28.8 Å². The Labute approximate surface area is 154 Å². The molecular formula is C17H15Cl2N5O. The van der Waals surface area contributed by atoms with E-state index in [0.29, 0.717) is 21.7 Å². The summed E-state index contributed by atoms with van der Waals surface area (Å²) in [5.74, 6) is 1.18. The van der Waals surface area contributed by atoms with E-state index in [4.69, 9.17) is 28.9 Å². The van der Waals surface area contributed by atoms with Gasteiger partial charge in [0, 0.05) is 16.1 Å². The predicted molar refractivity (Wildman–Crippen MR) is 95.6 cm³/mol. The highest BCUT2D eigenvalue weighted by Crippen LogP contribution is 2.34. The van der Waals surface area contributed by atoms with Gasteiger partial charge >= 0.3 is 0 Å². The molecule has 3 aromatic rings. The molecule has 0 fully saturated rings. The first-order chi connectivity index (χ1) is 12.1. The van der Waals surface area contributed by atoms with E-state index < -0.39 is 6.04 Å². The molecule has 0 bridgehead atoms. The van der Waals surface area contributed by atoms with E-state index in [-0.39, 0.29) is 18.2 Å². The Morgan fingerprint density at radius 3 is 2.72 bits per heavy atom. The lowest BCUT2D eigenvalue weighted by Gasteiger charge is -2.31. The van der Waals surface area contributed by atoms with Crippen LogP contribution in [0.15, 0.2) is 42.5 Å². The van der Waals surface area contributed by atoms with Crippen LogP contribution in [0.25, 0.3) is 5.69 Å². The predicted octanol–water partition coefficient (Wildman–Crippen LogP) is 2.02. The fraction of sp³-hybridized carbons (Fsp3) is 0.176. The summed E-state index contributed by atoms with van der Waals surface area (Å²) in [5, 5.41) is 22.4. The van der Waals surface area contributed by atoms with Gasteiger partial charge in [-0.15, -0.1) is 10.2 Å². The summed E-state index contributed by atoms with van der Waals surface area (Å²) in [5.41, 5.74) is 8.14. The van der Waals surface area contributed by atoms with Crippen LogP contribution in [0.4, 0.5) is 0 Å². The van der Waals surface area contributed by atoms with Gasteiger partial charge in [0.2, 0.25) is 0 Å². The summed E-state index contributed by atoms with van der Waals surface area (Å²) >= 11 is 12.6. The van der Waals surface area contributed by atoms with Crippen molar-refractivity contribution in [3.8, 4) is 5.69 Å². The second-order valence-corrected chi connectivity index (χ2v) is 6.72. The number of nitrogens with two attached hydrogens (primary N) is 1. The van der Waals surface area contributed by atoms with Crippen LogP contribution < -0.4 is 10.8 Å². The number of hydrogen-bond donors (Lipinski definition) is 2. The highest BCUT2D eigenvalue weighted by atomic mass is 35.5. The quantitative estimate of drug-likeness (QED) is 0.671. The maximum Gasteiger partial charge on any atom is 0.193 e. The molecule has 25 heavy (non-hydrogen) atoms. The van der Waals surface area contributed by atoms with Crippen molar-refractivity contribution in [2.45, 2.75) is 19.1 Å². The molecule has 0 amide bonds. The minimum absolute atomic E-state index is 0.00802. The lowest BCUT2D eigenvalue weighted by molar-refractivity contribution is -0.889. The number of nitrogens with zero attached hydrogens (tertiary/aromatic N) is 3. The molecule has 1 aliphatic heterocycles. The molecular weight excluding hydrogens is 361 g/mol. The van der Waals surface area contributed by atoms with E-state index >= 15 is 0 Å². The number of quaternary nitrogens is 1. The molecule has 4 rings (SSSR count). The Hall–Kier alpha value is -1.96. The largest absolute Gasteiger partial charge is 0.633 e. The summed E-state index contributed by atoms with van der Waals surface area (Å²) in [6.07, 6.45) is 0. The van der Waals surface area contributed by atoms with Gasteiger partial charge < -0.3 is 16.0 Å². The molecule has 0 spiro atoms. The summed E-state index contributed by atoms with van der Waals surface area (Å²) < 4.78 is 1.85. The lowest BCUT2D eigenvalue weighted by Crippen LogP contribution is -3.06. The van der Waals surface area contributed by atoms with Crippen molar-refractivity contribution < 1.29 is 5.06 Å². The Morgan fingerprint density at radius 2 is 1.96 bits per heavy atom. The third-order valence-electron chi connectivity index (χ3n) is 4.39. The maximum atomic E-state index is 13.1. The van der Waals surface area contributed by atoms with Gasteiger partial charge in [0.1, 0.15) is 12.6 Å². The third-order valence-corrected chi connectivity index (χ3v) is 4.97. The molecule has 2 aromatic carbocycles. The van der Waals surface area contributed by atoms with Crippen LogP contribution >= 0.6 is 23.2 Å². The topological polar surface area (TPSA) is 84.2 Å². The number of benzene rings is 2. The van der Waals surface area contributed by atoms with Gasteiger partial charge in [-0.05, 0) is 24.3 Å². The lowest BCUT2D eigenvalue weighted by atomic mass is 9.97. The summed E-state index contributed by atoms with van der Waals surface area (Å²) in [6, 6.07) is 12.3. The fourth-order valence-corrected chi connectivity index (χ4v) is 3.75. The average Bonchev–Trinajstić information content (AvgIpc) is 2.94. The first-order valence-corrected chi connectivity index (χ1v) is 8.56. The summed E-state index contributed by atoms with van der Waals surface area (Å²) in [4.78, 5) is 0. The normalized spacial score (nSPS) is 19.2. The van der Waals surface area contributed by atoms with E-state index in [1.54, 1.807) is 18.2 Å². The van der Waals surface area contributed by atoms with Crippen LogP contribution in [0.3, 0.4) is 0 Å². The number of halogens is 2. The molecule has 6 nitrogen and oxygen atoms in total. The standard InChI is InChI=1S/C17H15Cl2N5O/c18-10-5-6-14-12(7-10)17(11-3-1-2-4-13(11)19)23(25)9-16-22-21-15(8-20)24(14)16/h1-7,17,23H,8-9,20H2. The van der Waals surface area contributed by atoms with Crippen molar-refractivity contribution in [1.82, 2.24) is 14.8 Å². The number of hydrogen-bond acceptors (Lipinski definition) is 4. The molecule has 3 N–H and O–H groups in total. The monoisotopic (exact) mass is 375 g/mol. The SMILES string of the molecule is NCc1nnc2n1-c1ccc(Cl)cc1C(c1ccccc1Cl)[NH+]([O-])C2. The molecule has 2 atom stereocenters. The third kappa shape index (κ3) is 2.72. The molecule has 128 valence electrons. The zero-order valence-electron chi connectivity index (χ0n) is 13.1. The van der Waals surface area contributed by atoms with E-state index in [2.05, 4.69) is 10.2 Å². The number of fused-ring (bicyclic) bond motifs is 3. The van der Waals surface area contributed by atoms with E-state index in [1.807, 2.05) is 28.8 Å². The maximum absolute atomic E-state index is 13.1. The Kier molecular flexibility index (Phi) is 4.23. The van der Waals surface area contributed by atoms with Gasteiger partial charge in [-0.1, -0.05) is 41.4 Å². The molecule has 1 aliphatic rings. The molecule has 0 saturated carbocycles. The van der Waals surface area contributed by atoms with Crippen LogP contribution in [0.2, 0.25) is 10.0 Å². The van der Waals surface area contributed by atoms with Crippen molar-refractivity contribution in [2.75, 3.05) is 0 Å². The van der Waals surface area contributed by atoms with Crippen molar-refractivity contribution >= 4 is 23.2 Å². The summed E-state index contributed by atoms with van der Waals surface area (Å²) in [7, 11) is 0. The zero-order chi connectivity index (χ0) is 17.6. The number of nitrogens with one attached hydrogen (secondary N) is 1. The van der Waals surface area contributed by atoms with Crippen molar-refractivity contribution in [2.24, 2.45) is 5.73 Å². The molecule has 1 aromatic heterocycles. The smallest absolute Gasteiger partial charge is 0.193 e. The van der Waals surface area contributed by atoms with Crippen LogP contribution in [-0.4, -0.2) is 14.8 Å². The number of hydroxylamine groups is 2. The molecule has 2 unspecified atom stereocenters. The fourth-order valence-electron chi connectivity index (χ4n) is 3.32. The minimum atomic E-state index is -0.519. The molecule has 0 aliphatic carbocycles. The number of aromatic nitrogens is 3. The van der Waals surface area contributed by atoms with Crippen molar-refractivity contribution in [3.63, 3.8) is 0 Å². The van der Waals surface area contributed by atoms with Crippen molar-refractivity contribution in [3.05, 3.63) is 80.5 Å². The first-order valence-electron chi connectivity index (χ1n) is 7.80. The van der Waals surface area contributed by atoms with Crippen LogP contribution in [-0.2, 0) is 13.1 Å². The van der Waals surface area contributed by atoms with Gasteiger partial charge in [0.05, 0.1) is 17.3 Å².